The molecule has 20 heavy (non-hydrogen) atoms. The van der Waals surface area contributed by atoms with Gasteiger partial charge in [0.25, 0.3) is 0 Å². The van der Waals surface area contributed by atoms with Crippen molar-refractivity contribution in [2.24, 2.45) is 0 Å². The van der Waals surface area contributed by atoms with Crippen LogP contribution in [-0.4, -0.2) is 5.60 Å². The zero-order chi connectivity index (χ0) is 14.5. The maximum Gasteiger partial charge on any atom is 0.123 e. The Hall–Kier alpha value is -0.0300. The summed E-state index contributed by atoms with van der Waals surface area (Å²) in [6.45, 7) is 4.22. The summed E-state index contributed by atoms with van der Waals surface area (Å²) in [5.41, 5.74) is 3.33. The molecule has 0 fully saturated rings. The molecule has 0 N–H and O–H groups in total. The summed E-state index contributed by atoms with van der Waals surface area (Å²) in [5.74, 6) is 0.980. The van der Waals surface area contributed by atoms with Crippen molar-refractivity contribution in [2.45, 2.75) is 31.2 Å². The monoisotopic (exact) mass is 434 g/mol. The van der Waals surface area contributed by atoms with E-state index in [-0.39, 0.29) is 11.0 Å². The standard InChI is InChI=1S/C15H13Br2ClOS/c1-15(2)7-9-5-8(3-4-11(9)19-15)13(18)10-6-12(16)20-14(10)17/h3-6,13H,7H2,1-2H3. The molecule has 0 radical (unpaired) electrons. The van der Waals surface area contributed by atoms with Gasteiger partial charge in [0.1, 0.15) is 11.4 Å². The normalized spacial score (nSPS) is 17.6. The van der Waals surface area contributed by atoms with E-state index in [9.17, 15) is 0 Å². The number of ether oxygens (including phenoxy) is 1. The molecule has 2 aromatic rings. The molecule has 1 unspecified atom stereocenters. The first kappa shape index (κ1) is 14.9. The van der Waals surface area contributed by atoms with Crippen molar-refractivity contribution in [1.29, 1.82) is 0 Å². The third-order valence-corrected chi connectivity index (χ3v) is 6.21. The van der Waals surface area contributed by atoms with Gasteiger partial charge in [-0.1, -0.05) is 12.1 Å². The molecular formula is C15H13Br2ClOS. The van der Waals surface area contributed by atoms with E-state index in [4.69, 9.17) is 16.3 Å². The van der Waals surface area contributed by atoms with Gasteiger partial charge in [-0.15, -0.1) is 22.9 Å². The van der Waals surface area contributed by atoms with Crippen LogP contribution < -0.4 is 4.74 Å². The second-order valence-corrected chi connectivity index (χ2v) is 9.73. The number of rotatable bonds is 2. The van der Waals surface area contributed by atoms with Gasteiger partial charge in [-0.05, 0) is 69.0 Å². The maximum absolute atomic E-state index is 6.64. The molecule has 1 atom stereocenters. The number of fused-ring (bicyclic) bond motifs is 1. The smallest absolute Gasteiger partial charge is 0.123 e. The van der Waals surface area contributed by atoms with Crippen molar-refractivity contribution in [3.8, 4) is 5.75 Å². The topological polar surface area (TPSA) is 9.23 Å². The molecule has 0 bridgehead atoms. The van der Waals surface area contributed by atoms with E-state index in [1.807, 2.05) is 6.07 Å². The van der Waals surface area contributed by atoms with E-state index < -0.39 is 0 Å². The van der Waals surface area contributed by atoms with Gasteiger partial charge < -0.3 is 4.74 Å². The van der Waals surface area contributed by atoms with Crippen LogP contribution in [0.15, 0.2) is 31.8 Å². The predicted molar refractivity (Wildman–Crippen MR) is 92.3 cm³/mol. The highest BCUT2D eigenvalue weighted by molar-refractivity contribution is 9.12. The Bertz CT molecular complexity index is 666. The van der Waals surface area contributed by atoms with Crippen LogP contribution in [0.25, 0.3) is 0 Å². The van der Waals surface area contributed by atoms with Gasteiger partial charge in [0.2, 0.25) is 0 Å². The van der Waals surface area contributed by atoms with Gasteiger partial charge >= 0.3 is 0 Å². The summed E-state index contributed by atoms with van der Waals surface area (Å²) < 4.78 is 8.05. The Balaban J connectivity index is 1.95. The molecule has 0 amide bonds. The number of alkyl halides is 1. The summed E-state index contributed by atoms with van der Waals surface area (Å²) in [7, 11) is 0. The highest BCUT2D eigenvalue weighted by Gasteiger charge is 2.30. The minimum Gasteiger partial charge on any atom is -0.487 e. The van der Waals surface area contributed by atoms with Crippen molar-refractivity contribution in [3.63, 3.8) is 0 Å². The molecule has 5 heteroatoms. The third kappa shape index (κ3) is 2.80. The number of hydrogen-bond donors (Lipinski definition) is 0. The highest BCUT2D eigenvalue weighted by atomic mass is 79.9. The third-order valence-electron chi connectivity index (χ3n) is 3.34. The van der Waals surface area contributed by atoms with E-state index >= 15 is 0 Å². The molecule has 0 aliphatic carbocycles. The first-order chi connectivity index (χ1) is 9.35. The molecule has 0 saturated carbocycles. The van der Waals surface area contributed by atoms with Crippen molar-refractivity contribution in [3.05, 3.63) is 48.5 Å². The summed E-state index contributed by atoms with van der Waals surface area (Å²) >= 11 is 15.4. The Morgan fingerprint density at radius 1 is 1.30 bits per heavy atom. The first-order valence-electron chi connectivity index (χ1n) is 6.26. The van der Waals surface area contributed by atoms with Crippen LogP contribution >= 0.6 is 54.8 Å². The minimum atomic E-state index is -0.152. The number of halogens is 3. The summed E-state index contributed by atoms with van der Waals surface area (Å²) in [6.07, 6.45) is 0.925. The molecule has 1 aliphatic heterocycles. The zero-order valence-electron chi connectivity index (χ0n) is 11.0. The molecule has 2 heterocycles. The molecule has 3 rings (SSSR count). The second kappa shape index (κ2) is 5.31. The molecule has 1 aliphatic rings. The Kier molecular flexibility index (Phi) is 3.95. The zero-order valence-corrected chi connectivity index (χ0v) is 15.8. The molecule has 106 valence electrons. The number of hydrogen-bond acceptors (Lipinski definition) is 2. The Morgan fingerprint density at radius 2 is 2.05 bits per heavy atom. The lowest BCUT2D eigenvalue weighted by Crippen LogP contribution is -2.24. The van der Waals surface area contributed by atoms with Crippen molar-refractivity contribution < 1.29 is 4.74 Å². The lowest BCUT2D eigenvalue weighted by molar-refractivity contribution is 0.138. The lowest BCUT2D eigenvalue weighted by Gasteiger charge is -2.16. The maximum atomic E-state index is 6.64. The minimum absolute atomic E-state index is 0.116. The molecule has 1 nitrogen and oxygen atoms in total. The molecule has 0 saturated heterocycles. The number of benzene rings is 1. The van der Waals surface area contributed by atoms with Crippen molar-refractivity contribution in [2.75, 3.05) is 0 Å². The van der Waals surface area contributed by atoms with Crippen molar-refractivity contribution in [1.82, 2.24) is 0 Å². The van der Waals surface area contributed by atoms with E-state index in [1.165, 1.54) is 5.56 Å². The van der Waals surface area contributed by atoms with Gasteiger partial charge in [0.15, 0.2) is 0 Å². The molecule has 1 aromatic heterocycles. The van der Waals surface area contributed by atoms with Crippen LogP contribution in [0.1, 0.15) is 35.9 Å². The molecule has 1 aromatic carbocycles. The van der Waals surface area contributed by atoms with E-state index in [2.05, 4.69) is 63.9 Å². The van der Waals surface area contributed by atoms with E-state index in [0.717, 1.165) is 30.9 Å². The van der Waals surface area contributed by atoms with Gasteiger partial charge in [-0.25, -0.2) is 0 Å². The van der Waals surface area contributed by atoms with Crippen LogP contribution in [0.4, 0.5) is 0 Å². The lowest BCUT2D eigenvalue weighted by atomic mass is 9.98. The summed E-state index contributed by atoms with van der Waals surface area (Å²) in [6, 6.07) is 8.32. The van der Waals surface area contributed by atoms with E-state index in [1.54, 1.807) is 11.3 Å². The Morgan fingerprint density at radius 3 is 2.70 bits per heavy atom. The van der Waals surface area contributed by atoms with Crippen LogP contribution in [0.3, 0.4) is 0 Å². The average Bonchev–Trinajstić information content (AvgIpc) is 2.84. The Labute approximate surface area is 144 Å². The van der Waals surface area contributed by atoms with Crippen molar-refractivity contribution >= 4 is 54.8 Å². The van der Waals surface area contributed by atoms with Gasteiger partial charge in [0, 0.05) is 12.0 Å². The van der Waals surface area contributed by atoms with E-state index in [0.29, 0.717) is 0 Å². The SMILES string of the molecule is CC1(C)Cc2cc(C(Cl)c3cc(Br)sc3Br)ccc2O1. The largest absolute Gasteiger partial charge is 0.487 e. The van der Waals surface area contributed by atoms with Crippen LogP contribution in [0.2, 0.25) is 0 Å². The summed E-state index contributed by atoms with van der Waals surface area (Å²) in [4.78, 5) is 0. The molecule has 0 spiro atoms. The van der Waals surface area contributed by atoms with Crippen LogP contribution in [-0.2, 0) is 6.42 Å². The van der Waals surface area contributed by atoms with Gasteiger partial charge in [0.05, 0.1) is 12.9 Å². The first-order valence-corrected chi connectivity index (χ1v) is 9.10. The molecular weight excluding hydrogens is 423 g/mol. The quantitative estimate of drug-likeness (QED) is 0.501. The fourth-order valence-corrected chi connectivity index (χ4v) is 5.90. The number of thiophene rings is 1. The predicted octanol–water partition coefficient (Wildman–Crippen LogP) is 6.31. The second-order valence-electron chi connectivity index (χ2n) is 5.55. The van der Waals surface area contributed by atoms with Gasteiger partial charge in [-0.2, -0.15) is 0 Å². The summed E-state index contributed by atoms with van der Waals surface area (Å²) in [5, 5.41) is -0.152. The fourth-order valence-electron chi connectivity index (χ4n) is 2.49. The fraction of sp³-hybridized carbons (Fsp3) is 0.333. The van der Waals surface area contributed by atoms with Gasteiger partial charge in [-0.3, -0.25) is 0 Å². The van der Waals surface area contributed by atoms with Crippen LogP contribution in [0.5, 0.6) is 5.75 Å². The highest BCUT2D eigenvalue weighted by Crippen LogP contribution is 2.43. The average molecular weight is 437 g/mol. The van der Waals surface area contributed by atoms with Crippen LogP contribution in [0, 0.1) is 0 Å².